The number of carbonyl (C=O) groups excluding carboxylic acids is 1. The molecule has 0 bridgehead atoms. The zero-order chi connectivity index (χ0) is 10.7. The maximum Gasteiger partial charge on any atom is 0.220 e. The Morgan fingerprint density at radius 2 is 2.13 bits per heavy atom. The number of nitrogens with one attached hydrogen (secondary N) is 2. The molecule has 2 aliphatic rings. The van der Waals surface area contributed by atoms with Crippen molar-refractivity contribution in [1.29, 1.82) is 0 Å². The maximum absolute atomic E-state index is 11.5. The van der Waals surface area contributed by atoms with Crippen molar-refractivity contribution in [2.75, 3.05) is 13.1 Å². The molecule has 0 radical (unpaired) electrons. The highest BCUT2D eigenvalue weighted by Crippen LogP contribution is 2.41. The minimum atomic E-state index is 0.200. The topological polar surface area (TPSA) is 41.1 Å². The first-order valence-corrected chi connectivity index (χ1v) is 5.76. The van der Waals surface area contributed by atoms with Gasteiger partial charge in [-0.3, -0.25) is 4.79 Å². The van der Waals surface area contributed by atoms with Crippen LogP contribution in [-0.2, 0) is 4.79 Å². The van der Waals surface area contributed by atoms with Crippen LogP contribution in [0.5, 0.6) is 0 Å². The fraction of sp³-hybridized carbons (Fsp3) is 0.750. The number of carbonyl (C=O) groups is 1. The standard InChI is InChI=1S/C12H18N2O/c1-2-3-4-5-6-11(15)14-12-9-7-13-8-10(9)12/h1,9-10,12-13H,3-8H2,(H,14,15). The van der Waals surface area contributed by atoms with Crippen LogP contribution in [0.2, 0.25) is 0 Å². The van der Waals surface area contributed by atoms with E-state index >= 15 is 0 Å². The van der Waals surface area contributed by atoms with Crippen LogP contribution in [0.25, 0.3) is 0 Å². The van der Waals surface area contributed by atoms with Gasteiger partial charge in [0.25, 0.3) is 0 Å². The molecule has 2 unspecified atom stereocenters. The first-order chi connectivity index (χ1) is 7.33. The van der Waals surface area contributed by atoms with Gasteiger partial charge in [0.2, 0.25) is 5.91 Å². The molecule has 1 heterocycles. The number of unbranched alkanes of at least 4 members (excludes halogenated alkanes) is 2. The van der Waals surface area contributed by atoms with Crippen molar-refractivity contribution in [3.8, 4) is 12.3 Å². The van der Waals surface area contributed by atoms with E-state index in [1.807, 2.05) is 0 Å². The molecule has 1 saturated carbocycles. The second-order valence-electron chi connectivity index (χ2n) is 4.49. The lowest BCUT2D eigenvalue weighted by Crippen LogP contribution is -2.32. The molecule has 3 nitrogen and oxygen atoms in total. The minimum Gasteiger partial charge on any atom is -0.353 e. The Kier molecular flexibility index (Phi) is 3.27. The Morgan fingerprint density at radius 3 is 2.80 bits per heavy atom. The van der Waals surface area contributed by atoms with Crippen molar-refractivity contribution < 1.29 is 4.79 Å². The van der Waals surface area contributed by atoms with E-state index in [0.717, 1.165) is 32.4 Å². The van der Waals surface area contributed by atoms with E-state index in [2.05, 4.69) is 16.6 Å². The summed E-state index contributed by atoms with van der Waals surface area (Å²) >= 11 is 0. The van der Waals surface area contributed by atoms with Crippen molar-refractivity contribution in [3.63, 3.8) is 0 Å². The number of piperidine rings is 1. The number of fused-ring (bicyclic) bond motifs is 1. The van der Waals surface area contributed by atoms with E-state index in [-0.39, 0.29) is 5.91 Å². The molecule has 2 fully saturated rings. The second-order valence-corrected chi connectivity index (χ2v) is 4.49. The van der Waals surface area contributed by atoms with Crippen LogP contribution in [0.4, 0.5) is 0 Å². The van der Waals surface area contributed by atoms with Crippen molar-refractivity contribution in [2.24, 2.45) is 11.8 Å². The Morgan fingerprint density at radius 1 is 1.40 bits per heavy atom. The molecule has 0 spiro atoms. The van der Waals surface area contributed by atoms with Gasteiger partial charge in [-0.15, -0.1) is 12.3 Å². The number of hydrogen-bond acceptors (Lipinski definition) is 2. The van der Waals surface area contributed by atoms with Gasteiger partial charge in [0, 0.05) is 32.0 Å². The fourth-order valence-corrected chi connectivity index (χ4v) is 2.40. The van der Waals surface area contributed by atoms with E-state index in [1.54, 1.807) is 0 Å². The van der Waals surface area contributed by atoms with Crippen LogP contribution in [0.15, 0.2) is 0 Å². The molecular formula is C12H18N2O. The van der Waals surface area contributed by atoms with E-state index in [1.165, 1.54) is 0 Å². The van der Waals surface area contributed by atoms with Crippen LogP contribution in [0.3, 0.4) is 0 Å². The average molecular weight is 206 g/mol. The summed E-state index contributed by atoms with van der Waals surface area (Å²) in [6.45, 7) is 2.15. The number of hydrogen-bond donors (Lipinski definition) is 2. The number of amides is 1. The smallest absolute Gasteiger partial charge is 0.220 e. The highest BCUT2D eigenvalue weighted by molar-refractivity contribution is 5.76. The summed E-state index contributed by atoms with van der Waals surface area (Å²) in [5, 5.41) is 6.41. The maximum atomic E-state index is 11.5. The highest BCUT2D eigenvalue weighted by Gasteiger charge is 2.53. The van der Waals surface area contributed by atoms with Crippen LogP contribution in [0.1, 0.15) is 25.7 Å². The van der Waals surface area contributed by atoms with Gasteiger partial charge in [0.15, 0.2) is 0 Å². The Bertz CT molecular complexity index is 272. The van der Waals surface area contributed by atoms with Gasteiger partial charge in [-0.25, -0.2) is 0 Å². The summed E-state index contributed by atoms with van der Waals surface area (Å²) in [4.78, 5) is 11.5. The lowest BCUT2D eigenvalue weighted by molar-refractivity contribution is -0.121. The third-order valence-corrected chi connectivity index (χ3v) is 3.39. The summed E-state index contributed by atoms with van der Waals surface area (Å²) in [5.74, 6) is 4.20. The molecule has 0 aromatic carbocycles. The third kappa shape index (κ3) is 2.51. The largest absolute Gasteiger partial charge is 0.353 e. The van der Waals surface area contributed by atoms with Crippen molar-refractivity contribution in [3.05, 3.63) is 0 Å². The Balaban J connectivity index is 1.56. The molecule has 0 aromatic rings. The first kappa shape index (κ1) is 10.5. The fourth-order valence-electron chi connectivity index (χ4n) is 2.40. The van der Waals surface area contributed by atoms with E-state index in [4.69, 9.17) is 6.42 Å². The predicted octanol–water partition coefficient (Wildman–Crippen LogP) is 0.514. The minimum absolute atomic E-state index is 0.200. The average Bonchev–Trinajstić information content (AvgIpc) is 2.69. The molecule has 1 aliphatic heterocycles. The molecule has 2 atom stereocenters. The summed E-state index contributed by atoms with van der Waals surface area (Å²) < 4.78 is 0. The van der Waals surface area contributed by atoms with Crippen molar-refractivity contribution in [2.45, 2.75) is 31.7 Å². The lowest BCUT2D eigenvalue weighted by atomic mass is 10.2. The molecule has 0 aromatic heterocycles. The lowest BCUT2D eigenvalue weighted by Gasteiger charge is -2.07. The van der Waals surface area contributed by atoms with E-state index < -0.39 is 0 Å². The summed E-state index contributed by atoms with van der Waals surface area (Å²) in [6, 6.07) is 0.464. The highest BCUT2D eigenvalue weighted by atomic mass is 16.1. The van der Waals surface area contributed by atoms with E-state index in [0.29, 0.717) is 24.3 Å². The zero-order valence-electron chi connectivity index (χ0n) is 8.96. The molecule has 82 valence electrons. The molecule has 1 aliphatic carbocycles. The molecular weight excluding hydrogens is 188 g/mol. The molecule has 2 N–H and O–H groups in total. The van der Waals surface area contributed by atoms with Crippen LogP contribution in [-0.4, -0.2) is 25.0 Å². The normalized spacial score (nSPS) is 31.8. The number of terminal acetylenes is 1. The zero-order valence-corrected chi connectivity index (χ0v) is 8.96. The van der Waals surface area contributed by atoms with Gasteiger partial charge >= 0.3 is 0 Å². The van der Waals surface area contributed by atoms with Gasteiger partial charge in [-0.1, -0.05) is 0 Å². The van der Waals surface area contributed by atoms with Gasteiger partial charge in [-0.2, -0.15) is 0 Å². The van der Waals surface area contributed by atoms with Crippen LogP contribution in [0, 0.1) is 24.2 Å². The van der Waals surface area contributed by atoms with E-state index in [9.17, 15) is 4.79 Å². The van der Waals surface area contributed by atoms with Crippen molar-refractivity contribution in [1.82, 2.24) is 10.6 Å². The van der Waals surface area contributed by atoms with Crippen LogP contribution >= 0.6 is 0 Å². The predicted molar refractivity (Wildman–Crippen MR) is 59.1 cm³/mol. The van der Waals surface area contributed by atoms with Crippen LogP contribution < -0.4 is 10.6 Å². The third-order valence-electron chi connectivity index (χ3n) is 3.39. The SMILES string of the molecule is C#CCCCCC(=O)NC1C2CNCC21. The van der Waals surface area contributed by atoms with Gasteiger partial charge < -0.3 is 10.6 Å². The molecule has 15 heavy (non-hydrogen) atoms. The molecule has 1 amide bonds. The molecule has 2 rings (SSSR count). The van der Waals surface area contributed by atoms with Gasteiger partial charge in [-0.05, 0) is 24.7 Å². The molecule has 3 heteroatoms. The van der Waals surface area contributed by atoms with Gasteiger partial charge in [0.05, 0.1) is 0 Å². The second kappa shape index (κ2) is 4.67. The van der Waals surface area contributed by atoms with Gasteiger partial charge in [0.1, 0.15) is 0 Å². The Labute approximate surface area is 91.0 Å². The monoisotopic (exact) mass is 206 g/mol. The summed E-state index contributed by atoms with van der Waals surface area (Å²) in [7, 11) is 0. The summed E-state index contributed by atoms with van der Waals surface area (Å²) in [6.07, 6.45) is 8.43. The van der Waals surface area contributed by atoms with Crippen molar-refractivity contribution >= 4 is 5.91 Å². The number of rotatable bonds is 5. The quantitative estimate of drug-likeness (QED) is 0.508. The molecule has 1 saturated heterocycles. The first-order valence-electron chi connectivity index (χ1n) is 5.76. The Hall–Kier alpha value is -1.01. The summed E-state index contributed by atoms with van der Waals surface area (Å²) in [5.41, 5.74) is 0.